The molecule has 0 radical (unpaired) electrons. The van der Waals surface area contributed by atoms with Crippen molar-refractivity contribution in [3.63, 3.8) is 0 Å². The summed E-state index contributed by atoms with van der Waals surface area (Å²) >= 11 is 0. The fraction of sp³-hybridized carbons (Fsp3) is 0.526. The Bertz CT molecular complexity index is 1680. The van der Waals surface area contributed by atoms with Gasteiger partial charge in [-0.15, -0.1) is 5.92 Å². The van der Waals surface area contributed by atoms with Crippen LogP contribution >= 0.6 is 0 Å². The molecule has 1 heterocycles. The van der Waals surface area contributed by atoms with Gasteiger partial charge in [-0.2, -0.15) is 0 Å². The van der Waals surface area contributed by atoms with Crippen LogP contribution < -0.4 is 30.6 Å². The number of rotatable bonds is 8. The smallest absolute Gasteiger partial charge is 0.201 e. The van der Waals surface area contributed by atoms with Gasteiger partial charge in [0.05, 0.1) is 24.7 Å². The zero-order valence-electron chi connectivity index (χ0n) is 28.8. The molecule has 2 aliphatic carbocycles. The van der Waals surface area contributed by atoms with Crippen LogP contribution in [0, 0.1) is 47.4 Å². The van der Waals surface area contributed by atoms with Crippen LogP contribution in [-0.4, -0.2) is 73.4 Å². The molecular weight excluding hydrogens is 624 g/mol. The van der Waals surface area contributed by atoms with Crippen LogP contribution in [0.15, 0.2) is 23.2 Å². The number of hydrogen-bond acceptors (Lipinski definition) is 9. The van der Waals surface area contributed by atoms with Crippen LogP contribution in [-0.2, 0) is 30.5 Å². The molecule has 7 N–H and O–H groups in total. The number of guanidine groups is 1. The highest BCUT2D eigenvalue weighted by molar-refractivity contribution is 5.79. The van der Waals surface area contributed by atoms with E-state index in [-0.39, 0.29) is 55.1 Å². The zero-order valence-corrected chi connectivity index (χ0v) is 28.8. The molecule has 1 aliphatic heterocycles. The fourth-order valence-electron chi connectivity index (χ4n) is 6.63. The molecule has 5 atom stereocenters. The Balaban J connectivity index is 1.62. The number of Topliss-reactive ketones (excluding diaryl/α,β-unsaturated/α-hetero) is 1. The number of phenolic OH excluding ortho intramolecular Hbond substituents is 1. The molecule has 2 aromatic carbocycles. The first-order valence-corrected chi connectivity index (χ1v) is 17.0. The second-order valence-corrected chi connectivity index (χ2v) is 13.4. The molecule has 5 unspecified atom stereocenters. The molecule has 5 bridgehead atoms. The van der Waals surface area contributed by atoms with Gasteiger partial charge in [0.2, 0.25) is 6.29 Å². The predicted octanol–water partition coefficient (Wildman–Crippen LogP) is 2.43. The third-order valence-electron chi connectivity index (χ3n) is 9.28. The van der Waals surface area contributed by atoms with Crippen LogP contribution in [0.2, 0.25) is 0 Å². The largest absolute Gasteiger partial charge is 0.504 e. The number of ether oxygens (including phenoxy) is 3. The average Bonchev–Trinajstić information content (AvgIpc) is 3.07. The van der Waals surface area contributed by atoms with E-state index >= 15 is 0 Å². The summed E-state index contributed by atoms with van der Waals surface area (Å²) < 4.78 is 18.1. The number of aliphatic hydroxyl groups excluding tert-OH is 2. The number of aromatic hydroxyl groups is 1. The van der Waals surface area contributed by atoms with Crippen molar-refractivity contribution in [3.05, 3.63) is 46.0 Å². The van der Waals surface area contributed by atoms with Crippen LogP contribution in [0.1, 0.15) is 60.9 Å². The topological polar surface area (TPSA) is 168 Å². The van der Waals surface area contributed by atoms with Crippen molar-refractivity contribution in [2.24, 2.45) is 34.4 Å². The number of carbonyl (C=O) groups excluding carboxylic acids is 1. The Morgan fingerprint density at radius 1 is 1.12 bits per heavy atom. The van der Waals surface area contributed by atoms with Crippen molar-refractivity contribution in [3.8, 4) is 46.7 Å². The van der Waals surface area contributed by atoms with Crippen molar-refractivity contribution < 1.29 is 34.3 Å². The van der Waals surface area contributed by atoms with Gasteiger partial charge in [-0.25, -0.2) is 0 Å². The van der Waals surface area contributed by atoms with Crippen LogP contribution in [0.5, 0.6) is 23.0 Å². The molecule has 0 spiro atoms. The maximum atomic E-state index is 13.2. The summed E-state index contributed by atoms with van der Waals surface area (Å²) in [5.74, 6) is 13.7. The lowest BCUT2D eigenvalue weighted by atomic mass is 9.77. The van der Waals surface area contributed by atoms with E-state index in [0.29, 0.717) is 67.7 Å². The number of ketones is 1. The lowest BCUT2D eigenvalue weighted by Gasteiger charge is -2.38. The van der Waals surface area contributed by atoms with E-state index in [1.165, 1.54) is 13.2 Å². The van der Waals surface area contributed by atoms with Crippen molar-refractivity contribution in [1.29, 1.82) is 0 Å². The molecule has 11 heteroatoms. The fourth-order valence-corrected chi connectivity index (χ4v) is 6.63. The first-order chi connectivity index (χ1) is 23.6. The van der Waals surface area contributed by atoms with Crippen LogP contribution in [0.25, 0.3) is 0 Å². The molecule has 0 amide bonds. The third-order valence-corrected chi connectivity index (χ3v) is 9.28. The van der Waals surface area contributed by atoms with Crippen LogP contribution in [0.4, 0.5) is 0 Å². The number of nitrogens with zero attached hydrogens (tertiary/aromatic N) is 1. The maximum Gasteiger partial charge on any atom is 0.201 e. The van der Waals surface area contributed by atoms with Crippen molar-refractivity contribution in [1.82, 2.24) is 10.6 Å². The number of nitrogens with two attached hydrogens (primary N) is 1. The number of methoxy groups -OCH3 is 1. The Kier molecular flexibility index (Phi) is 11.9. The second kappa shape index (κ2) is 16.3. The highest BCUT2D eigenvalue weighted by atomic mass is 16.6. The van der Waals surface area contributed by atoms with Gasteiger partial charge in [-0.3, -0.25) is 15.1 Å². The molecule has 0 fully saturated rings. The third kappa shape index (κ3) is 8.60. The van der Waals surface area contributed by atoms with Gasteiger partial charge >= 0.3 is 0 Å². The standard InChI is InChI=1S/C38H48N4O7/c1-22(2)19-41-38(39)42-20-26-9-5-7-24-15-27-16-25(34(48-21-40-3)36-30(27)18-31(26)37(46)49-36)8-6-10-29-23(11-13-28(43)17-33(24)45)12-14-32(44)35(29)47-4/h12,14,16,22,24,26,31,33,37,40,44-46H,8-9,11,13,15,17-21H2,1-4H3,(H3,39,41,42). The van der Waals surface area contributed by atoms with Gasteiger partial charge in [-0.1, -0.05) is 43.7 Å². The number of hydrogen-bond donors (Lipinski definition) is 6. The first-order valence-electron chi connectivity index (χ1n) is 17.0. The summed E-state index contributed by atoms with van der Waals surface area (Å²) in [6.07, 6.45) is -0.126. The van der Waals surface area contributed by atoms with Crippen LogP contribution in [0.3, 0.4) is 0 Å². The molecule has 11 nitrogen and oxygen atoms in total. The monoisotopic (exact) mass is 672 g/mol. The molecule has 0 saturated heterocycles. The van der Waals surface area contributed by atoms with Crippen molar-refractivity contribution in [2.45, 2.75) is 71.2 Å². The summed E-state index contributed by atoms with van der Waals surface area (Å²) in [7, 11) is 3.24. The Morgan fingerprint density at radius 2 is 1.94 bits per heavy atom. The SMILES string of the molecule is CNCOc1c2cc3c4c1OC(O)C(C4)C(CNC(N)=NCC(C)C)CC#CC(C3)C(O)CC(=O)CCc1ccc(O)c(OC)c1C#CC2. The van der Waals surface area contributed by atoms with Gasteiger partial charge in [-0.05, 0) is 55.3 Å². The van der Waals surface area contributed by atoms with E-state index in [1.54, 1.807) is 13.1 Å². The minimum absolute atomic E-state index is 0.0489. The number of aliphatic imine (C=N–C) groups is 1. The van der Waals surface area contributed by atoms with E-state index in [2.05, 4.69) is 53.2 Å². The molecule has 5 rings (SSSR count). The maximum absolute atomic E-state index is 13.2. The Hall–Kier alpha value is -4.42. The highest BCUT2D eigenvalue weighted by Crippen LogP contribution is 2.46. The number of nitrogens with one attached hydrogen (secondary N) is 2. The van der Waals surface area contributed by atoms with Crippen molar-refractivity contribution >= 4 is 11.7 Å². The second-order valence-electron chi connectivity index (χ2n) is 13.4. The van der Waals surface area contributed by atoms with E-state index < -0.39 is 18.3 Å². The van der Waals surface area contributed by atoms with Gasteiger partial charge < -0.3 is 40.6 Å². The first kappa shape index (κ1) is 35.9. The minimum Gasteiger partial charge on any atom is -0.504 e. The average molecular weight is 673 g/mol. The van der Waals surface area contributed by atoms with Gasteiger partial charge in [0.1, 0.15) is 12.5 Å². The van der Waals surface area contributed by atoms with E-state index in [0.717, 1.165) is 22.3 Å². The zero-order chi connectivity index (χ0) is 35.1. The molecule has 3 aliphatic rings. The normalized spacial score (nSPS) is 23.5. The minimum atomic E-state index is -1.15. The molecule has 49 heavy (non-hydrogen) atoms. The van der Waals surface area contributed by atoms with E-state index in [9.17, 15) is 20.1 Å². The summed E-state index contributed by atoms with van der Waals surface area (Å²) in [4.78, 5) is 17.7. The van der Waals surface area contributed by atoms with Gasteiger partial charge in [0.15, 0.2) is 29.0 Å². The summed E-state index contributed by atoms with van der Waals surface area (Å²) in [5, 5.41) is 39.7. The number of fused-ring (bicyclic) bond motifs is 4. The molecule has 0 aromatic heterocycles. The predicted molar refractivity (Wildman–Crippen MR) is 186 cm³/mol. The number of benzene rings is 2. The quantitative estimate of drug-likeness (QED) is 0.106. The molecule has 262 valence electrons. The summed E-state index contributed by atoms with van der Waals surface area (Å²) in [5.41, 5.74) is 9.94. The number of aryl methyl sites for hydroxylation is 1. The highest BCUT2D eigenvalue weighted by Gasteiger charge is 2.39. The van der Waals surface area contributed by atoms with Gasteiger partial charge in [0, 0.05) is 55.8 Å². The van der Waals surface area contributed by atoms with Crippen molar-refractivity contribution in [2.75, 3.05) is 34.0 Å². The number of aliphatic hydroxyl groups is 2. The molecule has 0 saturated carbocycles. The number of carbonyl (C=O) groups is 1. The Morgan fingerprint density at radius 3 is 2.69 bits per heavy atom. The van der Waals surface area contributed by atoms with E-state index in [4.69, 9.17) is 19.9 Å². The van der Waals surface area contributed by atoms with E-state index in [1.807, 2.05) is 6.07 Å². The summed E-state index contributed by atoms with van der Waals surface area (Å²) in [6.45, 7) is 5.34. The lowest BCUT2D eigenvalue weighted by molar-refractivity contribution is -0.121. The van der Waals surface area contributed by atoms with Gasteiger partial charge in [0.25, 0.3) is 0 Å². The molecule has 2 aromatic rings. The number of phenols is 1. The lowest BCUT2D eigenvalue weighted by Crippen LogP contribution is -2.44. The molecular formula is C38H48N4O7. The Labute approximate surface area is 288 Å². The summed E-state index contributed by atoms with van der Waals surface area (Å²) in [6, 6.07) is 5.29.